The maximum Gasteiger partial charge on any atom is 0.160 e. The molecule has 0 bridgehead atoms. The summed E-state index contributed by atoms with van der Waals surface area (Å²) in [7, 11) is 0. The molecule has 266 valence electrons. The molecule has 0 radical (unpaired) electrons. The van der Waals surface area contributed by atoms with E-state index in [9.17, 15) is 0 Å². The van der Waals surface area contributed by atoms with Gasteiger partial charge in [-0.2, -0.15) is 0 Å². The van der Waals surface area contributed by atoms with E-state index in [0.717, 1.165) is 88.9 Å². The molecule has 57 heavy (non-hydrogen) atoms. The molecule has 0 aliphatic heterocycles. The Hall–Kier alpha value is -7.76. The van der Waals surface area contributed by atoms with Crippen molar-refractivity contribution < 1.29 is 0 Å². The second kappa shape index (κ2) is 13.5. The minimum atomic E-state index is 0.707. The topological polar surface area (TPSA) is 56.5 Å². The summed E-state index contributed by atoms with van der Waals surface area (Å²) in [6.45, 7) is 0. The number of pyridine rings is 1. The quantitative estimate of drug-likeness (QED) is 0.160. The summed E-state index contributed by atoms with van der Waals surface area (Å²) in [4.78, 5) is 20.1. The van der Waals surface area contributed by atoms with E-state index in [4.69, 9.17) is 15.0 Å². The van der Waals surface area contributed by atoms with Crippen molar-refractivity contribution in [1.29, 1.82) is 0 Å². The Balaban J connectivity index is 1.03. The molecule has 0 spiro atoms. The maximum atomic E-state index is 5.48. The van der Waals surface area contributed by atoms with Crippen molar-refractivity contribution >= 4 is 43.4 Å². The number of imidazole rings is 1. The molecule has 0 atom stereocenters. The van der Waals surface area contributed by atoms with Crippen LogP contribution in [0.4, 0.5) is 0 Å². The van der Waals surface area contributed by atoms with E-state index < -0.39 is 0 Å². The van der Waals surface area contributed by atoms with Crippen LogP contribution in [-0.2, 0) is 0 Å². The van der Waals surface area contributed by atoms with Crippen molar-refractivity contribution in [1.82, 2.24) is 24.5 Å². The van der Waals surface area contributed by atoms with Crippen LogP contribution in [0.3, 0.4) is 0 Å². The molecule has 0 amide bonds. The van der Waals surface area contributed by atoms with Gasteiger partial charge in [0.2, 0.25) is 0 Å². The van der Waals surface area contributed by atoms with Gasteiger partial charge in [0.15, 0.2) is 5.82 Å². The van der Waals surface area contributed by atoms with Crippen LogP contribution in [0.15, 0.2) is 200 Å². The average Bonchev–Trinajstić information content (AvgIpc) is 3.70. The van der Waals surface area contributed by atoms with Gasteiger partial charge >= 0.3 is 0 Å². The van der Waals surface area contributed by atoms with E-state index in [0.29, 0.717) is 5.82 Å². The standard InChI is InChI=1S/C52H33N5/c1-3-13-37(14-4-1)47-32-48(55-51(54-47)39-15-5-2-6-16-39)38-24-22-34(23-25-38)35-26-28-40(29-27-35)57-50-46-33-53-31-30-43(46)42-19-9-10-20-44(42)49(50)56-52(57)45-21-11-17-36-12-7-8-18-41(36)45/h1-33H. The molecule has 8 aromatic carbocycles. The number of rotatable bonds is 6. The zero-order chi connectivity index (χ0) is 37.7. The van der Waals surface area contributed by atoms with Crippen LogP contribution in [0.1, 0.15) is 0 Å². The molecular formula is C52H33N5. The van der Waals surface area contributed by atoms with Gasteiger partial charge in [0.05, 0.1) is 22.4 Å². The normalized spacial score (nSPS) is 11.5. The molecule has 5 heteroatoms. The van der Waals surface area contributed by atoms with Crippen molar-refractivity contribution in [2.75, 3.05) is 0 Å². The summed E-state index contributed by atoms with van der Waals surface area (Å²) in [5.41, 5.74) is 11.2. The lowest BCUT2D eigenvalue weighted by atomic mass is 10.0. The van der Waals surface area contributed by atoms with Gasteiger partial charge in [-0.1, -0.05) is 164 Å². The van der Waals surface area contributed by atoms with Gasteiger partial charge in [0.25, 0.3) is 0 Å². The minimum absolute atomic E-state index is 0.707. The Bertz CT molecular complexity index is 3200. The zero-order valence-electron chi connectivity index (χ0n) is 30.8. The number of hydrogen-bond donors (Lipinski definition) is 0. The van der Waals surface area contributed by atoms with E-state index in [1.54, 1.807) is 0 Å². The fraction of sp³-hybridized carbons (Fsp3) is 0. The Morgan fingerprint density at radius 1 is 0.386 bits per heavy atom. The van der Waals surface area contributed by atoms with E-state index in [-0.39, 0.29) is 0 Å². The van der Waals surface area contributed by atoms with Gasteiger partial charge in [-0.3, -0.25) is 9.55 Å². The monoisotopic (exact) mass is 727 g/mol. The first-order chi connectivity index (χ1) is 28.3. The molecule has 0 N–H and O–H groups in total. The Labute approximate surface area is 329 Å². The summed E-state index contributed by atoms with van der Waals surface area (Å²) >= 11 is 0. The van der Waals surface area contributed by atoms with Crippen LogP contribution in [0.2, 0.25) is 0 Å². The highest BCUT2D eigenvalue weighted by atomic mass is 15.1. The number of benzene rings is 8. The summed E-state index contributed by atoms with van der Waals surface area (Å²) in [5.74, 6) is 1.60. The number of nitrogens with zero attached hydrogens (tertiary/aromatic N) is 5. The van der Waals surface area contributed by atoms with Gasteiger partial charge in [0.1, 0.15) is 5.82 Å². The van der Waals surface area contributed by atoms with Crippen molar-refractivity contribution in [3.63, 3.8) is 0 Å². The molecule has 0 saturated heterocycles. The van der Waals surface area contributed by atoms with Crippen LogP contribution < -0.4 is 0 Å². The lowest BCUT2D eigenvalue weighted by Gasteiger charge is -2.14. The minimum Gasteiger partial charge on any atom is -0.292 e. The van der Waals surface area contributed by atoms with Crippen molar-refractivity contribution in [2.45, 2.75) is 0 Å². The molecule has 11 rings (SSSR count). The first-order valence-electron chi connectivity index (χ1n) is 19.1. The van der Waals surface area contributed by atoms with Crippen molar-refractivity contribution in [3.05, 3.63) is 200 Å². The first kappa shape index (κ1) is 32.7. The Morgan fingerprint density at radius 2 is 0.947 bits per heavy atom. The lowest BCUT2D eigenvalue weighted by molar-refractivity contribution is 1.11. The zero-order valence-corrected chi connectivity index (χ0v) is 30.8. The molecule has 0 fully saturated rings. The predicted octanol–water partition coefficient (Wildman–Crippen LogP) is 13.0. The first-order valence-corrected chi connectivity index (χ1v) is 19.1. The van der Waals surface area contributed by atoms with Crippen LogP contribution in [0.5, 0.6) is 0 Å². The third kappa shape index (κ3) is 5.64. The fourth-order valence-electron chi connectivity index (χ4n) is 8.16. The molecule has 0 aliphatic carbocycles. The fourth-order valence-corrected chi connectivity index (χ4v) is 8.16. The van der Waals surface area contributed by atoms with Gasteiger partial charge in [0, 0.05) is 51.1 Å². The molecule has 0 aliphatic rings. The molecule has 3 aromatic heterocycles. The number of hydrogen-bond acceptors (Lipinski definition) is 4. The highest BCUT2D eigenvalue weighted by Gasteiger charge is 2.21. The average molecular weight is 728 g/mol. The van der Waals surface area contributed by atoms with E-state index >= 15 is 0 Å². The Kier molecular flexibility index (Phi) is 7.74. The van der Waals surface area contributed by atoms with Gasteiger partial charge in [-0.25, -0.2) is 15.0 Å². The van der Waals surface area contributed by atoms with E-state index in [1.165, 1.54) is 10.8 Å². The molecule has 0 saturated carbocycles. The van der Waals surface area contributed by atoms with Crippen LogP contribution in [0.25, 0.3) is 105 Å². The maximum absolute atomic E-state index is 5.48. The molecule has 11 aromatic rings. The highest BCUT2D eigenvalue weighted by Crippen LogP contribution is 2.40. The van der Waals surface area contributed by atoms with Crippen LogP contribution >= 0.6 is 0 Å². The largest absolute Gasteiger partial charge is 0.292 e. The molecule has 5 nitrogen and oxygen atoms in total. The smallest absolute Gasteiger partial charge is 0.160 e. The Morgan fingerprint density at radius 3 is 1.68 bits per heavy atom. The van der Waals surface area contributed by atoms with Crippen LogP contribution in [-0.4, -0.2) is 24.5 Å². The molecular weight excluding hydrogens is 695 g/mol. The SMILES string of the molecule is c1ccc(-c2cc(-c3ccc(-c4ccc(-n5c(-c6cccc7ccccc67)nc6c7ccccc7c7ccncc7c65)cc4)cc3)nc(-c3ccccc3)n2)cc1. The number of fused-ring (bicyclic) bond motifs is 7. The van der Waals surface area contributed by atoms with Gasteiger partial charge < -0.3 is 0 Å². The summed E-state index contributed by atoms with van der Waals surface area (Å²) < 4.78 is 2.32. The van der Waals surface area contributed by atoms with E-state index in [2.05, 4.69) is 161 Å². The summed E-state index contributed by atoms with van der Waals surface area (Å²) in [6, 6.07) is 65.7. The lowest BCUT2D eigenvalue weighted by Crippen LogP contribution is -1.99. The van der Waals surface area contributed by atoms with Crippen molar-refractivity contribution in [2.24, 2.45) is 0 Å². The van der Waals surface area contributed by atoms with E-state index in [1.807, 2.05) is 48.8 Å². The summed E-state index contributed by atoms with van der Waals surface area (Å²) in [6.07, 6.45) is 3.86. The van der Waals surface area contributed by atoms with Crippen LogP contribution in [0, 0.1) is 0 Å². The predicted molar refractivity (Wildman–Crippen MR) is 234 cm³/mol. The molecule has 3 heterocycles. The second-order valence-corrected chi connectivity index (χ2v) is 14.3. The summed E-state index contributed by atoms with van der Waals surface area (Å²) in [5, 5.41) is 6.86. The van der Waals surface area contributed by atoms with Crippen molar-refractivity contribution in [3.8, 4) is 62.1 Å². The highest BCUT2D eigenvalue weighted by molar-refractivity contribution is 6.24. The van der Waals surface area contributed by atoms with Gasteiger partial charge in [-0.15, -0.1) is 0 Å². The second-order valence-electron chi connectivity index (χ2n) is 14.3. The third-order valence-electron chi connectivity index (χ3n) is 10.9. The van der Waals surface area contributed by atoms with Gasteiger partial charge in [-0.05, 0) is 56.9 Å². The molecule has 0 unspecified atom stereocenters. The number of aromatic nitrogens is 5. The third-order valence-corrected chi connectivity index (χ3v) is 10.9.